The quantitative estimate of drug-likeness (QED) is 0.913. The minimum Gasteiger partial charge on any atom is -0.369 e. The van der Waals surface area contributed by atoms with Crippen LogP contribution in [-0.4, -0.2) is 37.0 Å². The molecule has 1 aliphatic heterocycles. The van der Waals surface area contributed by atoms with Crippen molar-refractivity contribution in [2.45, 2.75) is 18.7 Å². The van der Waals surface area contributed by atoms with Crippen molar-refractivity contribution in [2.75, 3.05) is 23.0 Å². The van der Waals surface area contributed by atoms with E-state index in [9.17, 15) is 0 Å². The first-order chi connectivity index (χ1) is 8.75. The number of rotatable bonds is 2. The molecule has 96 valence electrons. The Kier molecular flexibility index (Phi) is 3.39. The maximum absolute atomic E-state index is 6.04. The number of hydrogen-bond donors (Lipinski definition) is 1. The van der Waals surface area contributed by atoms with Gasteiger partial charge in [-0.05, 0) is 18.6 Å². The highest BCUT2D eigenvalue weighted by molar-refractivity contribution is 8.06. The molecule has 0 amide bonds. The van der Waals surface area contributed by atoms with Crippen LogP contribution in [0.15, 0.2) is 12.3 Å². The number of pyridine rings is 1. The summed E-state index contributed by atoms with van der Waals surface area (Å²) in [5.41, 5.74) is 9.02. The van der Waals surface area contributed by atoms with E-state index in [0.717, 1.165) is 23.3 Å². The molecule has 1 unspecified atom stereocenters. The van der Waals surface area contributed by atoms with E-state index in [-0.39, 0.29) is 0 Å². The van der Waals surface area contributed by atoms with Gasteiger partial charge < -0.3 is 5.73 Å². The molecule has 3 heterocycles. The van der Waals surface area contributed by atoms with Crippen molar-refractivity contribution in [3.63, 3.8) is 0 Å². The molecule has 1 atom stereocenters. The van der Waals surface area contributed by atoms with E-state index in [1.807, 2.05) is 42.7 Å². The van der Waals surface area contributed by atoms with Crippen LogP contribution in [-0.2, 0) is 6.54 Å². The van der Waals surface area contributed by atoms with Gasteiger partial charge in [0.15, 0.2) is 5.65 Å². The SMILES string of the molecule is Cc1ccnc2c1nc(N)n2CC1CSCCS1. The third kappa shape index (κ3) is 2.19. The van der Waals surface area contributed by atoms with E-state index in [4.69, 9.17) is 5.73 Å². The standard InChI is InChI=1S/C12H16N4S2/c1-8-2-3-14-11-10(8)15-12(13)16(11)6-9-7-17-4-5-18-9/h2-3,9H,4-7H2,1H3,(H2,13,15). The summed E-state index contributed by atoms with van der Waals surface area (Å²) in [6.07, 6.45) is 1.83. The van der Waals surface area contributed by atoms with E-state index in [1.54, 1.807) is 0 Å². The molecule has 0 radical (unpaired) electrons. The first-order valence-corrected chi connectivity index (χ1v) is 8.22. The van der Waals surface area contributed by atoms with Gasteiger partial charge in [0.1, 0.15) is 5.52 Å². The van der Waals surface area contributed by atoms with Crippen molar-refractivity contribution in [1.82, 2.24) is 14.5 Å². The fourth-order valence-corrected chi connectivity index (χ4v) is 4.83. The van der Waals surface area contributed by atoms with Gasteiger partial charge in [0.05, 0.1) is 0 Å². The summed E-state index contributed by atoms with van der Waals surface area (Å²) in [4.78, 5) is 8.87. The molecule has 0 aliphatic carbocycles. The Morgan fingerprint density at radius 2 is 2.39 bits per heavy atom. The molecule has 1 saturated heterocycles. The number of anilines is 1. The van der Waals surface area contributed by atoms with Crippen LogP contribution in [0.3, 0.4) is 0 Å². The number of aromatic nitrogens is 3. The molecular weight excluding hydrogens is 264 g/mol. The second-order valence-electron chi connectivity index (χ2n) is 4.45. The van der Waals surface area contributed by atoms with Gasteiger partial charge in [-0.3, -0.25) is 4.57 Å². The topological polar surface area (TPSA) is 56.7 Å². The van der Waals surface area contributed by atoms with Crippen LogP contribution >= 0.6 is 23.5 Å². The largest absolute Gasteiger partial charge is 0.369 e. The second kappa shape index (κ2) is 5.01. The van der Waals surface area contributed by atoms with Crippen molar-refractivity contribution >= 4 is 40.6 Å². The van der Waals surface area contributed by atoms with E-state index in [0.29, 0.717) is 11.2 Å². The molecule has 0 aromatic carbocycles. The van der Waals surface area contributed by atoms with Crippen molar-refractivity contribution in [3.8, 4) is 0 Å². The number of thioether (sulfide) groups is 2. The Bertz CT molecular complexity index is 560. The summed E-state index contributed by atoms with van der Waals surface area (Å²) in [5, 5.41) is 0.616. The molecule has 18 heavy (non-hydrogen) atoms. The third-order valence-electron chi connectivity index (χ3n) is 3.14. The maximum Gasteiger partial charge on any atom is 0.202 e. The summed E-state index contributed by atoms with van der Waals surface area (Å²) in [6.45, 7) is 2.96. The molecule has 2 aromatic rings. The smallest absolute Gasteiger partial charge is 0.202 e. The fraction of sp³-hybridized carbons (Fsp3) is 0.500. The Balaban J connectivity index is 1.95. The summed E-state index contributed by atoms with van der Waals surface area (Å²) in [7, 11) is 0. The highest BCUT2D eigenvalue weighted by Gasteiger charge is 2.18. The molecule has 2 N–H and O–H groups in total. The van der Waals surface area contributed by atoms with Crippen molar-refractivity contribution < 1.29 is 0 Å². The zero-order valence-corrected chi connectivity index (χ0v) is 11.9. The van der Waals surface area contributed by atoms with Crippen molar-refractivity contribution in [1.29, 1.82) is 0 Å². The number of hydrogen-bond acceptors (Lipinski definition) is 5. The van der Waals surface area contributed by atoms with Gasteiger partial charge in [0.25, 0.3) is 0 Å². The van der Waals surface area contributed by atoms with Gasteiger partial charge in [0, 0.05) is 35.3 Å². The zero-order valence-electron chi connectivity index (χ0n) is 10.3. The van der Waals surface area contributed by atoms with Crippen LogP contribution in [0, 0.1) is 6.92 Å². The van der Waals surface area contributed by atoms with Crippen LogP contribution in [0.5, 0.6) is 0 Å². The fourth-order valence-electron chi connectivity index (χ4n) is 2.18. The summed E-state index contributed by atoms with van der Waals surface area (Å²) >= 11 is 4.05. The Morgan fingerprint density at radius 3 is 3.17 bits per heavy atom. The normalized spacial score (nSPS) is 20.4. The number of aryl methyl sites for hydroxylation is 1. The molecule has 4 nitrogen and oxygen atoms in total. The lowest BCUT2D eigenvalue weighted by atomic mass is 10.3. The lowest BCUT2D eigenvalue weighted by Gasteiger charge is -2.21. The first kappa shape index (κ1) is 12.2. The molecule has 1 aliphatic rings. The van der Waals surface area contributed by atoms with E-state index >= 15 is 0 Å². The van der Waals surface area contributed by atoms with E-state index in [2.05, 4.69) is 14.5 Å². The van der Waals surface area contributed by atoms with Crippen LogP contribution in [0.1, 0.15) is 5.56 Å². The average Bonchev–Trinajstić information content (AvgIpc) is 2.70. The molecule has 2 aromatic heterocycles. The minimum absolute atomic E-state index is 0.586. The zero-order chi connectivity index (χ0) is 12.5. The lowest BCUT2D eigenvalue weighted by Crippen LogP contribution is -2.21. The minimum atomic E-state index is 0.586. The van der Waals surface area contributed by atoms with Crippen molar-refractivity contribution in [3.05, 3.63) is 17.8 Å². The number of nitrogens with two attached hydrogens (primary N) is 1. The maximum atomic E-state index is 6.04. The Labute approximate surface area is 115 Å². The predicted octanol–water partition coefficient (Wildman–Crippen LogP) is 2.17. The molecule has 3 rings (SSSR count). The number of nitrogen functional groups attached to an aromatic ring is 1. The third-order valence-corrected chi connectivity index (χ3v) is 5.96. The van der Waals surface area contributed by atoms with Gasteiger partial charge in [0.2, 0.25) is 5.95 Å². The molecular formula is C12H16N4S2. The van der Waals surface area contributed by atoms with Gasteiger partial charge in [-0.25, -0.2) is 9.97 Å². The Morgan fingerprint density at radius 1 is 1.50 bits per heavy atom. The van der Waals surface area contributed by atoms with Crippen LogP contribution in [0.25, 0.3) is 11.2 Å². The summed E-state index contributed by atoms with van der Waals surface area (Å²) in [5.74, 6) is 4.27. The highest BCUT2D eigenvalue weighted by Crippen LogP contribution is 2.27. The second-order valence-corrected chi connectivity index (χ2v) is 7.01. The number of imidazole rings is 1. The van der Waals surface area contributed by atoms with Gasteiger partial charge in [-0.1, -0.05) is 0 Å². The van der Waals surface area contributed by atoms with Gasteiger partial charge in [-0.15, -0.1) is 0 Å². The molecule has 1 fully saturated rings. The number of fused-ring (bicyclic) bond motifs is 1. The number of nitrogens with zero attached hydrogens (tertiary/aromatic N) is 3. The van der Waals surface area contributed by atoms with Gasteiger partial charge in [-0.2, -0.15) is 23.5 Å². The monoisotopic (exact) mass is 280 g/mol. The summed E-state index contributed by atoms with van der Waals surface area (Å²) in [6, 6.07) is 1.98. The van der Waals surface area contributed by atoms with Crippen LogP contribution in [0.2, 0.25) is 0 Å². The predicted molar refractivity (Wildman–Crippen MR) is 80.2 cm³/mol. The van der Waals surface area contributed by atoms with E-state index in [1.165, 1.54) is 17.3 Å². The van der Waals surface area contributed by atoms with Crippen molar-refractivity contribution in [2.24, 2.45) is 0 Å². The van der Waals surface area contributed by atoms with Crippen LogP contribution < -0.4 is 5.73 Å². The molecule has 0 bridgehead atoms. The molecule has 0 spiro atoms. The van der Waals surface area contributed by atoms with Gasteiger partial charge >= 0.3 is 0 Å². The lowest BCUT2D eigenvalue weighted by molar-refractivity contribution is 0.718. The molecule has 0 saturated carbocycles. The van der Waals surface area contributed by atoms with Crippen LogP contribution in [0.4, 0.5) is 5.95 Å². The van der Waals surface area contributed by atoms with E-state index < -0.39 is 0 Å². The first-order valence-electron chi connectivity index (χ1n) is 6.02. The highest BCUT2D eigenvalue weighted by atomic mass is 32.2. The molecule has 6 heteroatoms. The Hall–Kier alpha value is -0.880. The average molecular weight is 280 g/mol. The summed E-state index contributed by atoms with van der Waals surface area (Å²) < 4.78 is 2.06.